The zero-order valence-corrected chi connectivity index (χ0v) is 16.9. The molecule has 0 radical (unpaired) electrons. The quantitative estimate of drug-likeness (QED) is 0.702. The van der Waals surface area contributed by atoms with Crippen LogP contribution >= 0.6 is 0 Å². The van der Waals surface area contributed by atoms with Crippen LogP contribution in [0.25, 0.3) is 10.9 Å². The summed E-state index contributed by atoms with van der Waals surface area (Å²) in [5.74, 6) is 0.514. The Morgan fingerprint density at radius 3 is 2.67 bits per heavy atom. The molecule has 1 fully saturated rings. The molecule has 0 spiro atoms. The minimum atomic E-state index is -0.440. The first-order chi connectivity index (χ1) is 14.5. The van der Waals surface area contributed by atoms with Crippen molar-refractivity contribution in [2.45, 2.75) is 12.5 Å². The number of rotatable bonds is 5. The Hall–Kier alpha value is -3.19. The smallest absolute Gasteiger partial charge is 0.224 e. The van der Waals surface area contributed by atoms with Gasteiger partial charge in [0.25, 0.3) is 0 Å². The summed E-state index contributed by atoms with van der Waals surface area (Å²) < 4.78 is 19.3. The van der Waals surface area contributed by atoms with Crippen molar-refractivity contribution in [2.75, 3.05) is 38.2 Å². The SMILES string of the molecule is COc1ccc2ncc(C(N)CC(=O)N3CCN(c4ccccc4F)CC3)cc2c1. The number of para-hydroxylation sites is 1. The number of fused-ring (bicyclic) bond motifs is 1. The highest BCUT2D eigenvalue weighted by atomic mass is 19.1. The van der Waals surface area contributed by atoms with Crippen LogP contribution in [0.3, 0.4) is 0 Å². The zero-order valence-electron chi connectivity index (χ0n) is 16.9. The van der Waals surface area contributed by atoms with E-state index in [1.54, 1.807) is 30.3 Å². The number of nitrogens with zero attached hydrogens (tertiary/aromatic N) is 3. The average molecular weight is 408 g/mol. The lowest BCUT2D eigenvalue weighted by Crippen LogP contribution is -2.49. The van der Waals surface area contributed by atoms with Crippen molar-refractivity contribution >= 4 is 22.5 Å². The van der Waals surface area contributed by atoms with Crippen molar-refractivity contribution in [1.29, 1.82) is 0 Å². The van der Waals surface area contributed by atoms with Crippen molar-refractivity contribution in [3.8, 4) is 5.75 Å². The van der Waals surface area contributed by atoms with Crippen LogP contribution in [0.5, 0.6) is 5.75 Å². The van der Waals surface area contributed by atoms with Gasteiger partial charge in [-0.1, -0.05) is 12.1 Å². The molecular weight excluding hydrogens is 383 g/mol. The Morgan fingerprint density at radius 2 is 1.93 bits per heavy atom. The van der Waals surface area contributed by atoms with Gasteiger partial charge in [0, 0.05) is 50.2 Å². The first-order valence-corrected chi connectivity index (χ1v) is 10.0. The lowest BCUT2D eigenvalue weighted by Gasteiger charge is -2.36. The van der Waals surface area contributed by atoms with Crippen LogP contribution in [-0.4, -0.2) is 49.1 Å². The number of carbonyl (C=O) groups excluding carboxylic acids is 1. The Morgan fingerprint density at radius 1 is 1.17 bits per heavy atom. The lowest BCUT2D eigenvalue weighted by atomic mass is 10.0. The van der Waals surface area contributed by atoms with E-state index in [9.17, 15) is 9.18 Å². The number of hydrogen-bond donors (Lipinski definition) is 1. The molecule has 0 bridgehead atoms. The number of aromatic nitrogens is 1. The van der Waals surface area contributed by atoms with E-state index in [4.69, 9.17) is 10.5 Å². The molecule has 4 rings (SSSR count). The van der Waals surface area contributed by atoms with Gasteiger partial charge in [0.1, 0.15) is 11.6 Å². The highest BCUT2D eigenvalue weighted by molar-refractivity contribution is 5.81. The highest BCUT2D eigenvalue weighted by Crippen LogP contribution is 2.24. The third kappa shape index (κ3) is 4.21. The maximum absolute atomic E-state index is 14.0. The van der Waals surface area contributed by atoms with E-state index in [1.807, 2.05) is 35.2 Å². The fourth-order valence-corrected chi connectivity index (χ4v) is 3.80. The van der Waals surface area contributed by atoms with Gasteiger partial charge in [-0.15, -0.1) is 0 Å². The van der Waals surface area contributed by atoms with E-state index in [0.717, 1.165) is 22.2 Å². The van der Waals surface area contributed by atoms with E-state index in [-0.39, 0.29) is 18.1 Å². The highest BCUT2D eigenvalue weighted by Gasteiger charge is 2.24. The molecule has 2 heterocycles. The molecular formula is C23H25FN4O2. The summed E-state index contributed by atoms with van der Waals surface area (Å²) in [7, 11) is 1.62. The second kappa shape index (κ2) is 8.67. The number of carbonyl (C=O) groups is 1. The van der Waals surface area contributed by atoms with Crippen LogP contribution in [-0.2, 0) is 4.79 Å². The van der Waals surface area contributed by atoms with Gasteiger partial charge in [-0.2, -0.15) is 0 Å². The topological polar surface area (TPSA) is 71.7 Å². The molecule has 1 aliphatic heterocycles. The maximum atomic E-state index is 14.0. The molecule has 3 aromatic rings. The molecule has 0 saturated carbocycles. The second-order valence-corrected chi connectivity index (χ2v) is 7.46. The molecule has 0 aliphatic carbocycles. The van der Waals surface area contributed by atoms with Crippen molar-refractivity contribution in [1.82, 2.24) is 9.88 Å². The second-order valence-electron chi connectivity index (χ2n) is 7.46. The van der Waals surface area contributed by atoms with E-state index in [1.165, 1.54) is 6.07 Å². The third-order valence-electron chi connectivity index (χ3n) is 5.56. The van der Waals surface area contributed by atoms with Crippen LogP contribution in [0.2, 0.25) is 0 Å². The van der Waals surface area contributed by atoms with Gasteiger partial charge in [-0.25, -0.2) is 4.39 Å². The largest absolute Gasteiger partial charge is 0.497 e. The maximum Gasteiger partial charge on any atom is 0.224 e. The number of benzene rings is 2. The molecule has 6 nitrogen and oxygen atoms in total. The number of piperazine rings is 1. The molecule has 1 amide bonds. The van der Waals surface area contributed by atoms with Crippen molar-refractivity contribution in [3.63, 3.8) is 0 Å². The fourth-order valence-electron chi connectivity index (χ4n) is 3.80. The van der Waals surface area contributed by atoms with E-state index in [2.05, 4.69) is 4.98 Å². The van der Waals surface area contributed by atoms with Gasteiger partial charge in [-0.05, 0) is 42.0 Å². The van der Waals surface area contributed by atoms with Crippen LogP contribution in [0.4, 0.5) is 10.1 Å². The number of methoxy groups -OCH3 is 1. The Kier molecular flexibility index (Phi) is 5.81. The molecule has 2 aromatic carbocycles. The number of pyridine rings is 1. The molecule has 1 atom stereocenters. The third-order valence-corrected chi connectivity index (χ3v) is 5.56. The zero-order chi connectivity index (χ0) is 21.1. The van der Waals surface area contributed by atoms with Gasteiger partial charge in [0.05, 0.1) is 18.3 Å². The number of halogens is 1. The average Bonchev–Trinajstić information content (AvgIpc) is 2.78. The Bertz CT molecular complexity index is 1050. The van der Waals surface area contributed by atoms with Crippen LogP contribution in [0.15, 0.2) is 54.7 Å². The van der Waals surface area contributed by atoms with Crippen molar-refractivity contribution in [2.24, 2.45) is 5.73 Å². The molecule has 156 valence electrons. The number of anilines is 1. The number of amides is 1. The van der Waals surface area contributed by atoms with E-state index in [0.29, 0.717) is 31.9 Å². The normalized spacial score (nSPS) is 15.3. The van der Waals surface area contributed by atoms with Gasteiger partial charge >= 0.3 is 0 Å². The molecule has 1 saturated heterocycles. The summed E-state index contributed by atoms with van der Waals surface area (Å²) in [6.45, 7) is 2.29. The van der Waals surface area contributed by atoms with Gasteiger partial charge in [0.2, 0.25) is 5.91 Å². The van der Waals surface area contributed by atoms with Crippen LogP contribution < -0.4 is 15.4 Å². The fraction of sp³-hybridized carbons (Fsp3) is 0.304. The Labute approximate surface area is 175 Å². The summed E-state index contributed by atoms with van der Waals surface area (Å²) in [5.41, 5.74) is 8.57. The summed E-state index contributed by atoms with van der Waals surface area (Å²) >= 11 is 0. The lowest BCUT2D eigenvalue weighted by molar-refractivity contribution is -0.131. The first kappa shape index (κ1) is 20.1. The molecule has 30 heavy (non-hydrogen) atoms. The van der Waals surface area contributed by atoms with E-state index < -0.39 is 6.04 Å². The number of nitrogens with two attached hydrogens (primary N) is 1. The first-order valence-electron chi connectivity index (χ1n) is 10.0. The van der Waals surface area contributed by atoms with Crippen LogP contribution in [0.1, 0.15) is 18.0 Å². The molecule has 2 N–H and O–H groups in total. The molecule has 1 aliphatic rings. The summed E-state index contributed by atoms with van der Waals surface area (Å²) in [6, 6.07) is 13.9. The van der Waals surface area contributed by atoms with Gasteiger partial charge in [-0.3, -0.25) is 9.78 Å². The van der Waals surface area contributed by atoms with Crippen LogP contribution in [0, 0.1) is 5.82 Å². The van der Waals surface area contributed by atoms with Crippen molar-refractivity contribution in [3.05, 3.63) is 66.1 Å². The number of hydrogen-bond acceptors (Lipinski definition) is 5. The van der Waals surface area contributed by atoms with Gasteiger partial charge < -0.3 is 20.3 Å². The standard InChI is InChI=1S/C23H25FN4O2/c1-30-18-6-7-21-16(13-18)12-17(15-26-21)20(25)14-23(29)28-10-8-27(9-11-28)22-5-3-2-4-19(22)24/h2-7,12-13,15,20H,8-11,14,25H2,1H3. The summed E-state index contributed by atoms with van der Waals surface area (Å²) in [4.78, 5) is 21.0. The van der Waals surface area contributed by atoms with E-state index >= 15 is 0 Å². The summed E-state index contributed by atoms with van der Waals surface area (Å²) in [6.07, 6.45) is 1.93. The number of ether oxygens (including phenoxy) is 1. The summed E-state index contributed by atoms with van der Waals surface area (Å²) in [5, 5.41) is 0.924. The predicted molar refractivity (Wildman–Crippen MR) is 115 cm³/mol. The van der Waals surface area contributed by atoms with Crippen molar-refractivity contribution < 1.29 is 13.9 Å². The Balaban J connectivity index is 1.38. The minimum absolute atomic E-state index is 0.00132. The molecule has 1 unspecified atom stereocenters. The predicted octanol–water partition coefficient (Wildman–Crippen LogP) is 3.12. The molecule has 1 aromatic heterocycles. The minimum Gasteiger partial charge on any atom is -0.497 e. The molecule has 7 heteroatoms. The van der Waals surface area contributed by atoms with Gasteiger partial charge in [0.15, 0.2) is 0 Å². The monoisotopic (exact) mass is 408 g/mol.